The van der Waals surface area contributed by atoms with Crippen molar-refractivity contribution in [2.24, 2.45) is 0 Å². The van der Waals surface area contributed by atoms with Crippen LogP contribution in [0.1, 0.15) is 0 Å². The van der Waals surface area contributed by atoms with Gasteiger partial charge in [0, 0.05) is 36.4 Å². The summed E-state index contributed by atoms with van der Waals surface area (Å²) in [5.41, 5.74) is 11.2. The number of hydrogen-bond donors (Lipinski definition) is 2. The minimum atomic E-state index is -4.52. The number of methoxy groups -OCH3 is 2. The Morgan fingerprint density at radius 1 is 0.568 bits per heavy atom. The van der Waals surface area contributed by atoms with Gasteiger partial charge in [-0.3, -0.25) is 20.2 Å². The third-order valence-electron chi connectivity index (χ3n) is 5.58. The van der Waals surface area contributed by atoms with Crippen LogP contribution in [0.15, 0.2) is 94.7 Å². The summed E-state index contributed by atoms with van der Waals surface area (Å²) in [5, 5.41) is 20.3. The van der Waals surface area contributed by atoms with E-state index in [1.807, 2.05) is 36.4 Å². The Hall–Kier alpha value is -4.98. The van der Waals surface area contributed by atoms with Gasteiger partial charge in [-0.25, -0.2) is 16.8 Å². The first-order valence-electron chi connectivity index (χ1n) is 11.9. The maximum absolute atomic E-state index is 10.4. The zero-order valence-electron chi connectivity index (χ0n) is 23.1. The lowest BCUT2D eigenvalue weighted by atomic mass is 10.0. The summed E-state index contributed by atoms with van der Waals surface area (Å²) < 4.78 is 72.9. The van der Waals surface area contributed by atoms with Crippen LogP contribution in [-0.2, 0) is 20.2 Å². The van der Waals surface area contributed by atoms with Crippen molar-refractivity contribution in [3.63, 3.8) is 0 Å². The van der Waals surface area contributed by atoms with Crippen molar-refractivity contribution >= 4 is 43.0 Å². The van der Waals surface area contributed by atoms with Gasteiger partial charge in [0.25, 0.3) is 11.4 Å². The average Bonchev–Trinajstić information content (AvgIpc) is 2.97. The fourth-order valence-corrected chi connectivity index (χ4v) is 4.26. The zero-order valence-corrected chi connectivity index (χ0v) is 24.7. The van der Waals surface area contributed by atoms with Crippen LogP contribution in [-0.4, -0.2) is 50.0 Å². The summed E-state index contributed by atoms with van der Waals surface area (Å²) in [4.78, 5) is 18.0. The maximum Gasteiger partial charge on any atom is 0.269 e. The van der Waals surface area contributed by atoms with Crippen LogP contribution in [0, 0.1) is 20.2 Å². The first-order valence-corrected chi connectivity index (χ1v) is 14.7. The lowest BCUT2D eigenvalue weighted by Crippen LogP contribution is -2.40. The molecule has 0 saturated carbocycles. The van der Waals surface area contributed by atoms with Crippen LogP contribution in [0.5, 0.6) is 11.5 Å². The third kappa shape index (κ3) is 10.1. The van der Waals surface area contributed by atoms with Crippen LogP contribution in [0.2, 0.25) is 0 Å². The molecule has 0 spiro atoms. The molecule has 6 N–H and O–H groups in total. The highest BCUT2D eigenvalue weighted by atomic mass is 32.2. The van der Waals surface area contributed by atoms with E-state index in [2.05, 4.69) is 11.5 Å². The van der Waals surface area contributed by atoms with E-state index in [-0.39, 0.29) is 11.4 Å². The SMILES string of the molecule is COc1cc(-c2ccc([NH3+])c(OC)c2)ccc1[NH3+].O=[N+]([O-])c1ccc(S(=O)(=O)[O-])cc1.O=[N+]([O-])c1ccc(S(=O)(=O)[O-])cc1. The topological polar surface area (TPSA) is 274 Å². The molecule has 234 valence electrons. The predicted octanol–water partition coefficient (Wildman–Crippen LogP) is 2.12. The highest BCUT2D eigenvalue weighted by Crippen LogP contribution is 2.31. The molecule has 4 aromatic rings. The molecule has 18 heteroatoms. The van der Waals surface area contributed by atoms with Gasteiger partial charge in [0.2, 0.25) is 0 Å². The molecule has 4 rings (SSSR count). The van der Waals surface area contributed by atoms with Crippen LogP contribution in [0.25, 0.3) is 11.1 Å². The zero-order chi connectivity index (χ0) is 33.2. The lowest BCUT2D eigenvalue weighted by molar-refractivity contribution is -0.385. The second kappa shape index (κ2) is 15.0. The molecule has 16 nitrogen and oxygen atoms in total. The van der Waals surface area contributed by atoms with Crippen molar-refractivity contribution in [3.8, 4) is 22.6 Å². The molecule has 0 saturated heterocycles. The van der Waals surface area contributed by atoms with Gasteiger partial charge in [0.05, 0.1) is 33.9 Å². The van der Waals surface area contributed by atoms with Gasteiger partial charge < -0.3 is 30.0 Å². The van der Waals surface area contributed by atoms with Gasteiger partial charge in [-0.2, -0.15) is 0 Å². The van der Waals surface area contributed by atoms with Gasteiger partial charge >= 0.3 is 0 Å². The predicted molar refractivity (Wildman–Crippen MR) is 152 cm³/mol. The number of hydrogen-bond acceptors (Lipinski definition) is 12. The molecule has 4 aromatic carbocycles. The number of rotatable bonds is 7. The molecule has 0 aromatic heterocycles. The average molecular weight is 651 g/mol. The molecule has 0 atom stereocenters. The maximum atomic E-state index is 10.4. The van der Waals surface area contributed by atoms with E-state index >= 15 is 0 Å². The van der Waals surface area contributed by atoms with Crippen molar-refractivity contribution in [2.75, 3.05) is 14.2 Å². The van der Waals surface area contributed by atoms with E-state index < -0.39 is 39.9 Å². The summed E-state index contributed by atoms with van der Waals surface area (Å²) in [7, 11) is -5.74. The fourth-order valence-electron chi connectivity index (χ4n) is 3.32. The standard InChI is InChI=1S/C14H16N2O2.2C6H5NO5S/c1-17-13-7-9(3-5-11(13)15)10-4-6-12(16)14(8-10)18-2;2*8-7(9)5-1-3-6(4-2-5)13(10,11)12/h3-8H,15-16H2,1-2H3;2*1-4H,(H,10,11,12). The Labute approximate surface area is 251 Å². The summed E-state index contributed by atoms with van der Waals surface area (Å²) in [6.45, 7) is 0. The van der Waals surface area contributed by atoms with E-state index in [1.165, 1.54) is 0 Å². The summed E-state index contributed by atoms with van der Waals surface area (Å²) in [6.07, 6.45) is 0. The molecular formula is C26H26N4O12S2. The van der Waals surface area contributed by atoms with Crippen molar-refractivity contribution in [1.29, 1.82) is 0 Å². The van der Waals surface area contributed by atoms with Crippen molar-refractivity contribution in [2.45, 2.75) is 9.79 Å². The first-order chi connectivity index (χ1) is 20.5. The van der Waals surface area contributed by atoms with Crippen LogP contribution < -0.4 is 20.9 Å². The molecule has 0 aliphatic rings. The van der Waals surface area contributed by atoms with E-state index in [1.54, 1.807) is 14.2 Å². The van der Waals surface area contributed by atoms with Crippen molar-refractivity contribution in [1.82, 2.24) is 0 Å². The summed E-state index contributed by atoms with van der Waals surface area (Å²) >= 11 is 0. The second-order valence-electron chi connectivity index (χ2n) is 8.46. The van der Waals surface area contributed by atoms with Gasteiger partial charge in [-0.05, 0) is 59.7 Å². The molecule has 0 unspecified atom stereocenters. The number of benzene rings is 4. The second-order valence-corrected chi connectivity index (χ2v) is 11.2. The van der Waals surface area contributed by atoms with Crippen LogP contribution in [0.4, 0.5) is 22.7 Å². The summed E-state index contributed by atoms with van der Waals surface area (Å²) in [5.74, 6) is 1.57. The van der Waals surface area contributed by atoms with Gasteiger partial charge in [0.15, 0.2) is 22.9 Å². The molecular weight excluding hydrogens is 624 g/mol. The van der Waals surface area contributed by atoms with E-state index in [0.29, 0.717) is 0 Å². The number of non-ortho nitro benzene ring substituents is 2. The largest absolute Gasteiger partial charge is 0.744 e. The normalized spacial score (nSPS) is 10.8. The van der Waals surface area contributed by atoms with Crippen molar-refractivity contribution in [3.05, 3.63) is 105 Å². The first kappa shape index (κ1) is 35.2. The highest BCUT2D eigenvalue weighted by molar-refractivity contribution is 7.86. The molecule has 0 aliphatic carbocycles. The molecule has 0 bridgehead atoms. The van der Waals surface area contributed by atoms with Gasteiger partial charge in [-0.15, -0.1) is 0 Å². The minimum absolute atomic E-state index is 0.257. The Morgan fingerprint density at radius 2 is 0.864 bits per heavy atom. The number of nitrogens with zero attached hydrogens (tertiary/aromatic N) is 2. The Balaban J connectivity index is 0.000000235. The highest BCUT2D eigenvalue weighted by Gasteiger charge is 2.10. The van der Waals surface area contributed by atoms with E-state index in [9.17, 15) is 46.2 Å². The smallest absolute Gasteiger partial charge is 0.269 e. The fraction of sp³-hybridized carbons (Fsp3) is 0.0769. The number of quaternary nitrogens is 2. The van der Waals surface area contributed by atoms with E-state index in [0.717, 1.165) is 82.5 Å². The van der Waals surface area contributed by atoms with Crippen LogP contribution >= 0.6 is 0 Å². The Morgan fingerprint density at radius 3 is 1.09 bits per heavy atom. The van der Waals surface area contributed by atoms with Gasteiger partial charge in [0.1, 0.15) is 20.2 Å². The number of nitro groups is 2. The summed E-state index contributed by atoms with van der Waals surface area (Å²) in [6, 6.07) is 19.3. The Kier molecular flexibility index (Phi) is 12.0. The third-order valence-corrected chi connectivity index (χ3v) is 7.28. The molecule has 0 heterocycles. The molecule has 0 radical (unpaired) electrons. The van der Waals surface area contributed by atoms with Gasteiger partial charge in [-0.1, -0.05) is 0 Å². The number of nitro benzene ring substituents is 2. The Bertz CT molecular complexity index is 1710. The number of ether oxygens (including phenoxy) is 2. The molecule has 0 fully saturated rings. The quantitative estimate of drug-likeness (QED) is 0.165. The minimum Gasteiger partial charge on any atom is -0.744 e. The van der Waals surface area contributed by atoms with Crippen LogP contribution in [0.3, 0.4) is 0 Å². The lowest BCUT2D eigenvalue weighted by Gasteiger charge is -2.08. The molecule has 0 amide bonds. The van der Waals surface area contributed by atoms with Crippen molar-refractivity contribution < 1.29 is 56.7 Å². The molecule has 0 aliphatic heterocycles. The monoisotopic (exact) mass is 650 g/mol. The molecule has 44 heavy (non-hydrogen) atoms. The van der Waals surface area contributed by atoms with E-state index in [4.69, 9.17) is 9.47 Å².